The van der Waals surface area contributed by atoms with Crippen molar-refractivity contribution in [3.05, 3.63) is 35.4 Å². The summed E-state index contributed by atoms with van der Waals surface area (Å²) >= 11 is 0. The first kappa shape index (κ1) is 24.1. The van der Waals surface area contributed by atoms with Gasteiger partial charge >= 0.3 is 0 Å². The van der Waals surface area contributed by atoms with E-state index in [-0.39, 0.29) is 23.8 Å². The molecule has 0 aromatic heterocycles. The van der Waals surface area contributed by atoms with Gasteiger partial charge in [-0.2, -0.15) is 0 Å². The zero-order valence-electron chi connectivity index (χ0n) is 19.9. The van der Waals surface area contributed by atoms with Gasteiger partial charge in [0.2, 0.25) is 5.91 Å². The van der Waals surface area contributed by atoms with Crippen molar-refractivity contribution in [1.82, 2.24) is 15.1 Å². The fourth-order valence-electron chi connectivity index (χ4n) is 4.35. The van der Waals surface area contributed by atoms with Crippen molar-refractivity contribution in [2.45, 2.75) is 45.6 Å². The summed E-state index contributed by atoms with van der Waals surface area (Å²) < 4.78 is 10.6. The molecule has 0 atom stereocenters. The van der Waals surface area contributed by atoms with E-state index < -0.39 is 0 Å². The molecule has 7 nitrogen and oxygen atoms in total. The number of ether oxygens (including phenoxy) is 2. The highest BCUT2D eigenvalue weighted by atomic mass is 16.5. The summed E-state index contributed by atoms with van der Waals surface area (Å²) in [5, 5.41) is 3.26. The smallest absolute Gasteiger partial charge is 0.254 e. The van der Waals surface area contributed by atoms with Crippen LogP contribution in [0.25, 0.3) is 0 Å². The van der Waals surface area contributed by atoms with Crippen LogP contribution in [0.1, 0.15) is 49.9 Å². The number of methoxy groups -OCH3 is 2. The summed E-state index contributed by atoms with van der Waals surface area (Å²) in [6.45, 7) is 8.44. The highest BCUT2D eigenvalue weighted by molar-refractivity contribution is 5.95. The Morgan fingerprint density at radius 2 is 1.56 bits per heavy atom. The number of carbonyl (C=O) groups is 2. The molecule has 0 spiro atoms. The Morgan fingerprint density at radius 3 is 2.09 bits per heavy atom. The maximum Gasteiger partial charge on any atom is 0.254 e. The van der Waals surface area contributed by atoms with Crippen molar-refractivity contribution in [2.75, 3.05) is 46.9 Å². The highest BCUT2D eigenvalue weighted by Crippen LogP contribution is 2.26. The summed E-state index contributed by atoms with van der Waals surface area (Å²) in [6.07, 6.45) is 5.64. The lowest BCUT2D eigenvalue weighted by atomic mass is 9.94. The molecule has 0 aliphatic carbocycles. The van der Waals surface area contributed by atoms with Gasteiger partial charge in [-0.1, -0.05) is 11.6 Å². The monoisotopic (exact) mass is 443 g/mol. The van der Waals surface area contributed by atoms with Crippen LogP contribution in [0.3, 0.4) is 0 Å². The first-order valence-electron chi connectivity index (χ1n) is 11.6. The number of nitrogens with zero attached hydrogens (tertiary/aromatic N) is 2. The summed E-state index contributed by atoms with van der Waals surface area (Å²) in [7, 11) is 3.14. The van der Waals surface area contributed by atoms with Gasteiger partial charge in [0.25, 0.3) is 5.91 Å². The molecule has 32 heavy (non-hydrogen) atoms. The van der Waals surface area contributed by atoms with Crippen LogP contribution in [0.15, 0.2) is 29.8 Å². The van der Waals surface area contributed by atoms with Gasteiger partial charge in [0.05, 0.1) is 14.2 Å². The number of allylic oxidation sites excluding steroid dienone is 1. The molecule has 1 aromatic rings. The number of likely N-dealkylation sites (tertiary alicyclic amines) is 2. The van der Waals surface area contributed by atoms with E-state index in [1.807, 2.05) is 4.90 Å². The molecule has 2 fully saturated rings. The maximum absolute atomic E-state index is 13.0. The average Bonchev–Trinajstić information content (AvgIpc) is 2.82. The molecule has 3 rings (SSSR count). The summed E-state index contributed by atoms with van der Waals surface area (Å²) in [5.41, 5.74) is 1.89. The molecule has 2 heterocycles. The minimum absolute atomic E-state index is 0.0254. The third-order valence-electron chi connectivity index (χ3n) is 6.44. The van der Waals surface area contributed by atoms with Gasteiger partial charge in [-0.25, -0.2) is 0 Å². The van der Waals surface area contributed by atoms with Gasteiger partial charge in [0.15, 0.2) is 0 Å². The lowest BCUT2D eigenvalue weighted by Crippen LogP contribution is -2.48. The van der Waals surface area contributed by atoms with Crippen molar-refractivity contribution < 1.29 is 19.1 Å². The molecule has 1 N–H and O–H groups in total. The first-order chi connectivity index (χ1) is 15.4. The Balaban J connectivity index is 1.46. The van der Waals surface area contributed by atoms with Crippen LogP contribution in [0.2, 0.25) is 0 Å². The Labute approximate surface area is 191 Å². The van der Waals surface area contributed by atoms with Crippen molar-refractivity contribution in [2.24, 2.45) is 5.92 Å². The minimum Gasteiger partial charge on any atom is -0.497 e. The topological polar surface area (TPSA) is 71.1 Å². The van der Waals surface area contributed by atoms with Crippen LogP contribution < -0.4 is 14.8 Å². The molecule has 0 unspecified atom stereocenters. The predicted molar refractivity (Wildman–Crippen MR) is 125 cm³/mol. The number of nitrogens with one attached hydrogen (secondary N) is 1. The molecule has 0 saturated carbocycles. The van der Waals surface area contributed by atoms with Crippen LogP contribution in [0.5, 0.6) is 11.5 Å². The van der Waals surface area contributed by atoms with Crippen molar-refractivity contribution in [3.63, 3.8) is 0 Å². The second-order valence-electron chi connectivity index (χ2n) is 9.03. The molecule has 0 radical (unpaired) electrons. The number of rotatable bonds is 7. The normalized spacial score (nSPS) is 18.2. The molecule has 0 bridgehead atoms. The van der Waals surface area contributed by atoms with E-state index >= 15 is 0 Å². The van der Waals surface area contributed by atoms with Gasteiger partial charge in [0.1, 0.15) is 11.5 Å². The SMILES string of the molecule is COc1cc(OC)cc(C(=O)N2CCC(C(=O)NC3CCN(CC=C(C)C)CC3)CC2)c1. The highest BCUT2D eigenvalue weighted by Gasteiger charge is 2.30. The van der Waals surface area contributed by atoms with E-state index in [9.17, 15) is 9.59 Å². The summed E-state index contributed by atoms with van der Waals surface area (Å²) in [6, 6.07) is 5.47. The van der Waals surface area contributed by atoms with E-state index in [1.54, 1.807) is 32.4 Å². The first-order valence-corrected chi connectivity index (χ1v) is 11.6. The fraction of sp³-hybridized carbons (Fsp3) is 0.600. The van der Waals surface area contributed by atoms with Crippen molar-refractivity contribution >= 4 is 11.8 Å². The molecule has 2 saturated heterocycles. The summed E-state index contributed by atoms with van der Waals surface area (Å²) in [5.74, 6) is 1.25. The molecule has 1 aromatic carbocycles. The number of benzene rings is 1. The third kappa shape index (κ3) is 6.48. The molecule has 2 aliphatic rings. The number of carbonyl (C=O) groups excluding carboxylic acids is 2. The zero-order chi connectivity index (χ0) is 23.1. The van der Waals surface area contributed by atoms with Gasteiger partial charge in [-0.05, 0) is 51.7 Å². The van der Waals surface area contributed by atoms with Crippen LogP contribution in [-0.4, -0.2) is 74.6 Å². The minimum atomic E-state index is -0.0511. The molecule has 2 aliphatic heterocycles. The van der Waals surface area contributed by atoms with Crippen LogP contribution in [0.4, 0.5) is 0 Å². The average molecular weight is 444 g/mol. The van der Waals surface area contributed by atoms with Gasteiger partial charge < -0.3 is 19.7 Å². The Bertz CT molecular complexity index is 796. The molecular formula is C25H37N3O4. The van der Waals surface area contributed by atoms with E-state index in [0.29, 0.717) is 43.0 Å². The van der Waals surface area contributed by atoms with Crippen molar-refractivity contribution in [1.29, 1.82) is 0 Å². The number of piperidine rings is 2. The Hall–Kier alpha value is -2.54. The van der Waals surface area contributed by atoms with E-state index in [1.165, 1.54) is 5.57 Å². The van der Waals surface area contributed by atoms with Crippen LogP contribution in [-0.2, 0) is 4.79 Å². The number of hydrogen-bond donors (Lipinski definition) is 1. The zero-order valence-corrected chi connectivity index (χ0v) is 19.9. The Kier molecular flexibility index (Phi) is 8.56. The van der Waals surface area contributed by atoms with Gasteiger partial charge in [-0.3, -0.25) is 14.5 Å². The van der Waals surface area contributed by atoms with E-state index in [0.717, 1.165) is 32.5 Å². The van der Waals surface area contributed by atoms with E-state index in [4.69, 9.17) is 9.47 Å². The van der Waals surface area contributed by atoms with Gasteiger partial charge in [-0.15, -0.1) is 0 Å². The maximum atomic E-state index is 13.0. The number of hydrogen-bond acceptors (Lipinski definition) is 5. The predicted octanol–water partition coefficient (Wildman–Crippen LogP) is 3.10. The lowest BCUT2D eigenvalue weighted by Gasteiger charge is -2.35. The quantitative estimate of drug-likeness (QED) is 0.656. The standard InChI is InChI=1S/C25H37N3O4/c1-18(2)5-10-27-11-8-21(9-12-27)26-24(29)19-6-13-28(14-7-19)25(30)20-15-22(31-3)17-23(16-20)32-4/h5,15-17,19,21H,6-14H2,1-4H3,(H,26,29). The van der Waals surface area contributed by atoms with Gasteiger partial charge in [0, 0.05) is 56.3 Å². The Morgan fingerprint density at radius 1 is 0.969 bits per heavy atom. The summed E-state index contributed by atoms with van der Waals surface area (Å²) in [4.78, 5) is 30.0. The largest absolute Gasteiger partial charge is 0.497 e. The van der Waals surface area contributed by atoms with Crippen LogP contribution >= 0.6 is 0 Å². The number of amides is 2. The molecule has 7 heteroatoms. The lowest BCUT2D eigenvalue weighted by molar-refractivity contribution is -0.127. The van der Waals surface area contributed by atoms with E-state index in [2.05, 4.69) is 30.1 Å². The molecular weight excluding hydrogens is 406 g/mol. The molecule has 2 amide bonds. The third-order valence-corrected chi connectivity index (χ3v) is 6.44. The van der Waals surface area contributed by atoms with Crippen molar-refractivity contribution in [3.8, 4) is 11.5 Å². The fourth-order valence-corrected chi connectivity index (χ4v) is 4.35. The second kappa shape index (κ2) is 11.4. The van der Waals surface area contributed by atoms with Crippen LogP contribution in [0, 0.1) is 5.92 Å². The molecule has 176 valence electrons. The second-order valence-corrected chi connectivity index (χ2v) is 9.03.